The number of carbonyl (C=O) groups is 3. The van der Waals surface area contributed by atoms with Crippen molar-refractivity contribution in [3.8, 4) is 0 Å². The summed E-state index contributed by atoms with van der Waals surface area (Å²) < 4.78 is 0. The molecule has 94 valence electrons. The Bertz CT molecular complexity index is 372. The number of hydrogen-bond acceptors (Lipinski definition) is 3. The Morgan fingerprint density at radius 2 is 1.94 bits per heavy atom. The Balaban J connectivity index is 2.12. The van der Waals surface area contributed by atoms with Gasteiger partial charge in [-0.1, -0.05) is 12.8 Å². The van der Waals surface area contributed by atoms with Gasteiger partial charge in [0.1, 0.15) is 12.1 Å². The summed E-state index contributed by atoms with van der Waals surface area (Å²) in [6.07, 6.45) is 3.26. The van der Waals surface area contributed by atoms with E-state index in [1.165, 1.54) is 4.90 Å². The molecule has 6 nitrogen and oxygen atoms in total. The highest BCUT2D eigenvalue weighted by Crippen LogP contribution is 2.34. The van der Waals surface area contributed by atoms with Gasteiger partial charge in [0.25, 0.3) is 5.91 Å². The van der Waals surface area contributed by atoms with Gasteiger partial charge in [-0.25, -0.2) is 4.79 Å². The van der Waals surface area contributed by atoms with E-state index < -0.39 is 11.6 Å². The van der Waals surface area contributed by atoms with E-state index in [9.17, 15) is 14.4 Å². The number of nitrogens with zero attached hydrogens (tertiary/aromatic N) is 2. The van der Waals surface area contributed by atoms with Gasteiger partial charge >= 0.3 is 6.03 Å². The van der Waals surface area contributed by atoms with Crippen LogP contribution in [0, 0.1) is 0 Å². The summed E-state index contributed by atoms with van der Waals surface area (Å²) in [5, 5.41) is 2.74. The number of urea groups is 1. The topological polar surface area (TPSA) is 69.7 Å². The normalized spacial score (nSPS) is 22.1. The molecule has 2 rings (SSSR count). The van der Waals surface area contributed by atoms with E-state index in [1.807, 2.05) is 0 Å². The van der Waals surface area contributed by atoms with Crippen LogP contribution >= 0.6 is 0 Å². The predicted molar refractivity (Wildman–Crippen MR) is 60.1 cm³/mol. The van der Waals surface area contributed by atoms with Crippen molar-refractivity contribution in [3.05, 3.63) is 0 Å². The maximum absolute atomic E-state index is 12.2. The van der Waals surface area contributed by atoms with Crippen molar-refractivity contribution in [2.45, 2.75) is 31.2 Å². The van der Waals surface area contributed by atoms with Crippen molar-refractivity contribution < 1.29 is 14.4 Å². The van der Waals surface area contributed by atoms with Crippen molar-refractivity contribution >= 4 is 17.8 Å². The Hall–Kier alpha value is -1.59. The SMILES string of the molecule is CN(C)C(=O)CN1C(=O)NC2(CCCC2)C1=O. The van der Waals surface area contributed by atoms with Crippen LogP contribution in [0.25, 0.3) is 0 Å². The van der Waals surface area contributed by atoms with Gasteiger partial charge in [0, 0.05) is 14.1 Å². The Morgan fingerprint density at radius 3 is 2.47 bits per heavy atom. The summed E-state index contributed by atoms with van der Waals surface area (Å²) in [6.45, 7) is -0.167. The van der Waals surface area contributed by atoms with Gasteiger partial charge < -0.3 is 10.2 Å². The molecule has 0 aromatic carbocycles. The van der Waals surface area contributed by atoms with Crippen molar-refractivity contribution in [2.75, 3.05) is 20.6 Å². The van der Waals surface area contributed by atoms with E-state index in [0.29, 0.717) is 12.8 Å². The monoisotopic (exact) mass is 239 g/mol. The van der Waals surface area contributed by atoms with Crippen molar-refractivity contribution in [1.82, 2.24) is 15.1 Å². The van der Waals surface area contributed by atoms with Crippen LogP contribution in [0.5, 0.6) is 0 Å². The van der Waals surface area contributed by atoms with Crippen molar-refractivity contribution in [3.63, 3.8) is 0 Å². The molecule has 2 fully saturated rings. The summed E-state index contributed by atoms with van der Waals surface area (Å²) in [5.74, 6) is -0.487. The van der Waals surface area contributed by atoms with Crippen LogP contribution in [0.3, 0.4) is 0 Å². The lowest BCUT2D eigenvalue weighted by molar-refractivity contribution is -0.137. The number of amides is 4. The Labute approximate surface area is 99.9 Å². The highest BCUT2D eigenvalue weighted by Gasteiger charge is 2.52. The molecule has 2 aliphatic rings. The van der Waals surface area contributed by atoms with Crippen molar-refractivity contribution in [2.24, 2.45) is 0 Å². The molecule has 1 saturated heterocycles. The average Bonchev–Trinajstić information content (AvgIpc) is 2.81. The fourth-order valence-electron chi connectivity index (χ4n) is 2.41. The van der Waals surface area contributed by atoms with Gasteiger partial charge in [-0.3, -0.25) is 14.5 Å². The predicted octanol–water partition coefficient (Wildman–Crippen LogP) is -0.0608. The molecule has 1 aliphatic heterocycles. The minimum atomic E-state index is -0.719. The van der Waals surface area contributed by atoms with Crippen LogP contribution in [-0.4, -0.2) is 53.8 Å². The first-order valence-electron chi connectivity index (χ1n) is 5.80. The number of rotatable bonds is 2. The number of nitrogens with one attached hydrogen (secondary N) is 1. The van der Waals surface area contributed by atoms with E-state index >= 15 is 0 Å². The maximum Gasteiger partial charge on any atom is 0.325 e. The fourth-order valence-corrected chi connectivity index (χ4v) is 2.41. The number of likely N-dealkylation sites (N-methyl/N-ethyl adjacent to an activating group) is 1. The molecule has 0 bridgehead atoms. The van der Waals surface area contributed by atoms with E-state index in [2.05, 4.69) is 5.32 Å². The van der Waals surface area contributed by atoms with Gasteiger partial charge in [-0.05, 0) is 12.8 Å². The molecule has 1 aliphatic carbocycles. The molecule has 0 atom stereocenters. The van der Waals surface area contributed by atoms with Crippen LogP contribution in [0.2, 0.25) is 0 Å². The molecule has 1 heterocycles. The largest absolute Gasteiger partial charge is 0.347 e. The fraction of sp³-hybridized carbons (Fsp3) is 0.727. The molecule has 1 N–H and O–H groups in total. The van der Waals surface area contributed by atoms with Crippen LogP contribution in [-0.2, 0) is 9.59 Å². The first kappa shape index (κ1) is 11.9. The minimum Gasteiger partial charge on any atom is -0.347 e. The second-order valence-electron chi connectivity index (χ2n) is 4.90. The third kappa shape index (κ3) is 1.87. The van der Waals surface area contributed by atoms with E-state index in [0.717, 1.165) is 17.7 Å². The van der Waals surface area contributed by atoms with Crippen molar-refractivity contribution in [1.29, 1.82) is 0 Å². The maximum atomic E-state index is 12.2. The van der Waals surface area contributed by atoms with Crippen LogP contribution < -0.4 is 5.32 Å². The summed E-state index contributed by atoms with van der Waals surface area (Å²) in [7, 11) is 3.21. The summed E-state index contributed by atoms with van der Waals surface area (Å²) in [6, 6.07) is -0.438. The highest BCUT2D eigenvalue weighted by atomic mass is 16.2. The molecule has 0 aromatic heterocycles. The van der Waals surface area contributed by atoms with E-state index in [4.69, 9.17) is 0 Å². The smallest absolute Gasteiger partial charge is 0.325 e. The zero-order valence-electron chi connectivity index (χ0n) is 10.2. The van der Waals surface area contributed by atoms with Gasteiger partial charge in [-0.2, -0.15) is 0 Å². The average molecular weight is 239 g/mol. The van der Waals surface area contributed by atoms with Crippen LogP contribution in [0.15, 0.2) is 0 Å². The molecular weight excluding hydrogens is 222 g/mol. The summed E-state index contributed by atoms with van der Waals surface area (Å²) >= 11 is 0. The highest BCUT2D eigenvalue weighted by molar-refractivity contribution is 6.09. The third-order valence-electron chi connectivity index (χ3n) is 3.50. The molecule has 1 spiro atoms. The number of carbonyl (C=O) groups excluding carboxylic acids is 3. The first-order chi connectivity index (χ1) is 7.96. The molecule has 0 aromatic rings. The molecule has 17 heavy (non-hydrogen) atoms. The van der Waals surface area contributed by atoms with Gasteiger partial charge in [0.05, 0.1) is 0 Å². The first-order valence-corrected chi connectivity index (χ1v) is 5.80. The molecule has 0 radical (unpaired) electrons. The van der Waals surface area contributed by atoms with E-state index in [1.54, 1.807) is 14.1 Å². The minimum absolute atomic E-state index is 0.167. The second kappa shape index (κ2) is 4.01. The summed E-state index contributed by atoms with van der Waals surface area (Å²) in [5.41, 5.74) is -0.719. The van der Waals surface area contributed by atoms with Gasteiger partial charge in [0.2, 0.25) is 5.91 Å². The molecular formula is C11H17N3O3. The Morgan fingerprint density at radius 1 is 1.35 bits per heavy atom. The lowest BCUT2D eigenvalue weighted by Gasteiger charge is -2.20. The molecule has 1 saturated carbocycles. The lowest BCUT2D eigenvalue weighted by atomic mass is 9.98. The lowest BCUT2D eigenvalue weighted by Crippen LogP contribution is -2.45. The Kier molecular flexibility index (Phi) is 2.81. The van der Waals surface area contributed by atoms with Crippen LogP contribution in [0.1, 0.15) is 25.7 Å². The number of hydrogen-bond donors (Lipinski definition) is 1. The molecule has 0 unspecified atom stereocenters. The number of imide groups is 1. The van der Waals surface area contributed by atoms with Gasteiger partial charge in [-0.15, -0.1) is 0 Å². The second-order valence-corrected chi connectivity index (χ2v) is 4.90. The van der Waals surface area contributed by atoms with Crippen LogP contribution in [0.4, 0.5) is 4.79 Å². The zero-order chi connectivity index (χ0) is 12.6. The molecule has 4 amide bonds. The van der Waals surface area contributed by atoms with E-state index in [-0.39, 0.29) is 18.4 Å². The molecule has 6 heteroatoms. The van der Waals surface area contributed by atoms with Gasteiger partial charge in [0.15, 0.2) is 0 Å². The third-order valence-corrected chi connectivity index (χ3v) is 3.50. The summed E-state index contributed by atoms with van der Waals surface area (Å²) in [4.78, 5) is 37.9. The standard InChI is InChI=1S/C11H17N3O3/c1-13(2)8(15)7-14-9(16)11(12-10(14)17)5-3-4-6-11/h3-7H2,1-2H3,(H,12,17). The quantitative estimate of drug-likeness (QED) is 0.686. The zero-order valence-corrected chi connectivity index (χ0v) is 10.2.